The summed E-state index contributed by atoms with van der Waals surface area (Å²) in [5, 5.41) is 13.1. The smallest absolute Gasteiger partial charge is 0.0995 e. The molecule has 2 aliphatic rings. The molecule has 1 atom stereocenters. The van der Waals surface area contributed by atoms with Crippen molar-refractivity contribution >= 4 is 5.69 Å². The topological polar surface area (TPSA) is 39.1 Å². The number of nitrogens with one attached hydrogen (secondary N) is 1. The van der Waals surface area contributed by atoms with E-state index in [4.69, 9.17) is 0 Å². The minimum Gasteiger partial charge on any atom is -0.380 e. The number of nitrogens with zero attached hydrogens (tertiary/aromatic N) is 2. The minimum absolute atomic E-state index is 0.0252. The Kier molecular flexibility index (Phi) is 8.74. The molecule has 2 aliphatic heterocycles. The molecule has 0 bridgehead atoms. The molecule has 0 aliphatic carbocycles. The molecule has 2 heterocycles. The van der Waals surface area contributed by atoms with Gasteiger partial charge in [0.05, 0.1) is 17.7 Å². The van der Waals surface area contributed by atoms with Crippen molar-refractivity contribution < 1.29 is 0 Å². The van der Waals surface area contributed by atoms with Gasteiger partial charge >= 0.3 is 0 Å². The SMILES string of the molecule is C=C1CCc2cc(C(N/C=C\C)c3ccccc3C#N)cc3c2N1CC3.CC.CC. The van der Waals surface area contributed by atoms with Crippen molar-refractivity contribution in [1.29, 1.82) is 5.26 Å². The largest absolute Gasteiger partial charge is 0.380 e. The first-order valence-electron chi connectivity index (χ1n) is 11.2. The fourth-order valence-corrected chi connectivity index (χ4v) is 4.16. The zero-order valence-electron chi connectivity index (χ0n) is 19.1. The lowest BCUT2D eigenvalue weighted by Crippen LogP contribution is -2.24. The molecule has 4 rings (SSSR count). The first kappa shape index (κ1) is 23.3. The van der Waals surface area contributed by atoms with Gasteiger partial charge in [0.15, 0.2) is 0 Å². The maximum Gasteiger partial charge on any atom is 0.0995 e. The van der Waals surface area contributed by atoms with Gasteiger partial charge in [-0.3, -0.25) is 0 Å². The van der Waals surface area contributed by atoms with Gasteiger partial charge in [-0.15, -0.1) is 0 Å². The Morgan fingerprint density at radius 3 is 2.40 bits per heavy atom. The number of anilines is 1. The van der Waals surface area contributed by atoms with Crippen molar-refractivity contribution in [3.05, 3.63) is 88.8 Å². The van der Waals surface area contributed by atoms with Gasteiger partial charge in [0.2, 0.25) is 0 Å². The standard InChI is InChI=1S/C23H23N3.2C2H6/c1-3-11-25-22(21-7-5-4-6-19(21)15-24)20-13-17-9-8-16(2)26-12-10-18(14-20)23(17)26;2*1-2/h3-7,11,13-14,22,25H,2,8-10,12H2,1H3;2*1-2H3/b11-3-;;. The zero-order valence-corrected chi connectivity index (χ0v) is 19.1. The molecule has 3 nitrogen and oxygen atoms in total. The molecule has 30 heavy (non-hydrogen) atoms. The quantitative estimate of drug-likeness (QED) is 0.623. The molecule has 0 amide bonds. The Hall–Kier alpha value is -2.99. The molecule has 1 N–H and O–H groups in total. The van der Waals surface area contributed by atoms with Crippen LogP contribution in [0.15, 0.2) is 61.0 Å². The van der Waals surface area contributed by atoms with E-state index in [-0.39, 0.29) is 6.04 Å². The summed E-state index contributed by atoms with van der Waals surface area (Å²) in [5.41, 5.74) is 8.40. The number of allylic oxidation sites excluding steroid dienone is 2. The van der Waals surface area contributed by atoms with E-state index in [0.717, 1.165) is 36.9 Å². The lowest BCUT2D eigenvalue weighted by atomic mass is 9.89. The molecule has 0 aromatic heterocycles. The predicted molar refractivity (Wildman–Crippen MR) is 129 cm³/mol. The van der Waals surface area contributed by atoms with Crippen molar-refractivity contribution in [2.45, 2.75) is 59.9 Å². The predicted octanol–water partition coefficient (Wildman–Crippen LogP) is 6.65. The highest BCUT2D eigenvalue weighted by Crippen LogP contribution is 2.42. The van der Waals surface area contributed by atoms with E-state index in [9.17, 15) is 5.26 Å². The van der Waals surface area contributed by atoms with Crippen LogP contribution in [0.5, 0.6) is 0 Å². The number of hydrogen-bond acceptors (Lipinski definition) is 3. The summed E-state index contributed by atoms with van der Waals surface area (Å²) in [6.45, 7) is 15.3. The lowest BCUT2D eigenvalue weighted by Gasteiger charge is -2.30. The highest BCUT2D eigenvalue weighted by atomic mass is 15.2. The molecule has 2 aromatic rings. The highest BCUT2D eigenvalue weighted by Gasteiger charge is 2.29. The molecule has 0 radical (unpaired) electrons. The molecule has 158 valence electrons. The monoisotopic (exact) mass is 401 g/mol. The van der Waals surface area contributed by atoms with E-state index in [1.165, 1.54) is 28.1 Å². The summed E-state index contributed by atoms with van der Waals surface area (Å²) in [5.74, 6) is 0. The van der Waals surface area contributed by atoms with Crippen LogP contribution in [0.4, 0.5) is 5.69 Å². The fourth-order valence-electron chi connectivity index (χ4n) is 4.16. The van der Waals surface area contributed by atoms with Gasteiger partial charge in [0, 0.05) is 17.9 Å². The Bertz CT molecular complexity index is 934. The van der Waals surface area contributed by atoms with Gasteiger partial charge in [-0.05, 0) is 60.7 Å². The number of benzene rings is 2. The molecular formula is C27H35N3. The molecule has 3 heteroatoms. The van der Waals surface area contributed by atoms with Crippen LogP contribution in [0, 0.1) is 11.3 Å². The first-order chi connectivity index (χ1) is 14.7. The summed E-state index contributed by atoms with van der Waals surface area (Å²) < 4.78 is 0. The molecule has 0 saturated carbocycles. The van der Waals surface area contributed by atoms with E-state index in [0.29, 0.717) is 0 Å². The van der Waals surface area contributed by atoms with E-state index in [1.54, 1.807) is 0 Å². The third kappa shape index (κ3) is 4.60. The van der Waals surface area contributed by atoms with Crippen LogP contribution >= 0.6 is 0 Å². The summed E-state index contributed by atoms with van der Waals surface area (Å²) in [7, 11) is 0. The second-order valence-electron chi connectivity index (χ2n) is 6.95. The lowest BCUT2D eigenvalue weighted by molar-refractivity contribution is 0.722. The van der Waals surface area contributed by atoms with Crippen molar-refractivity contribution in [2.75, 3.05) is 11.4 Å². The number of nitriles is 1. The third-order valence-corrected chi connectivity index (χ3v) is 5.38. The molecule has 2 aromatic carbocycles. The maximum atomic E-state index is 9.56. The molecular weight excluding hydrogens is 366 g/mol. The summed E-state index contributed by atoms with van der Waals surface area (Å²) >= 11 is 0. The van der Waals surface area contributed by atoms with Crippen molar-refractivity contribution in [1.82, 2.24) is 5.32 Å². The van der Waals surface area contributed by atoms with Crippen molar-refractivity contribution in [3.63, 3.8) is 0 Å². The normalized spacial score (nSPS) is 14.7. The Morgan fingerprint density at radius 1 is 1.07 bits per heavy atom. The van der Waals surface area contributed by atoms with Gasteiger partial charge in [-0.25, -0.2) is 0 Å². The molecule has 0 fully saturated rings. The van der Waals surface area contributed by atoms with Gasteiger partial charge in [-0.2, -0.15) is 5.26 Å². The van der Waals surface area contributed by atoms with Gasteiger partial charge < -0.3 is 10.2 Å². The summed E-state index contributed by atoms with van der Waals surface area (Å²) in [6.07, 6.45) is 7.08. The van der Waals surface area contributed by atoms with Crippen molar-refractivity contribution in [3.8, 4) is 6.07 Å². The Balaban J connectivity index is 0.000000757. The van der Waals surface area contributed by atoms with E-state index in [2.05, 4.69) is 35.0 Å². The van der Waals surface area contributed by atoms with E-state index in [1.807, 2.05) is 71.2 Å². The maximum absolute atomic E-state index is 9.56. The van der Waals surface area contributed by atoms with Crippen LogP contribution in [0.3, 0.4) is 0 Å². The highest BCUT2D eigenvalue weighted by molar-refractivity contribution is 5.70. The molecule has 1 unspecified atom stereocenters. The second-order valence-corrected chi connectivity index (χ2v) is 6.95. The van der Waals surface area contributed by atoms with Crippen molar-refractivity contribution in [2.24, 2.45) is 0 Å². The minimum atomic E-state index is -0.0252. The number of rotatable bonds is 4. The third-order valence-electron chi connectivity index (χ3n) is 5.38. The van der Waals surface area contributed by atoms with Crippen LogP contribution < -0.4 is 10.2 Å². The van der Waals surface area contributed by atoms with Gasteiger partial charge in [0.1, 0.15) is 0 Å². The molecule has 0 spiro atoms. The van der Waals surface area contributed by atoms with Crippen LogP contribution in [-0.4, -0.2) is 6.54 Å². The molecule has 0 saturated heterocycles. The Morgan fingerprint density at radius 2 is 1.73 bits per heavy atom. The number of aryl methyl sites for hydroxylation is 1. The summed E-state index contributed by atoms with van der Waals surface area (Å²) in [6, 6.07) is 14.8. The average Bonchev–Trinajstić information content (AvgIpc) is 3.25. The van der Waals surface area contributed by atoms with E-state index >= 15 is 0 Å². The fraction of sp³-hybridized carbons (Fsp3) is 0.370. The average molecular weight is 402 g/mol. The summed E-state index contributed by atoms with van der Waals surface area (Å²) in [4.78, 5) is 2.38. The second kappa shape index (κ2) is 11.3. The van der Waals surface area contributed by atoms with Gasteiger partial charge in [0.25, 0.3) is 0 Å². The van der Waals surface area contributed by atoms with Crippen LogP contribution in [0.25, 0.3) is 0 Å². The van der Waals surface area contributed by atoms with Crippen LogP contribution in [0.1, 0.15) is 74.9 Å². The Labute approximate surface area is 182 Å². The van der Waals surface area contributed by atoms with Crippen LogP contribution in [-0.2, 0) is 12.8 Å². The van der Waals surface area contributed by atoms with Gasteiger partial charge in [-0.1, -0.05) is 70.7 Å². The van der Waals surface area contributed by atoms with Crippen LogP contribution in [0.2, 0.25) is 0 Å². The number of hydrogen-bond donors (Lipinski definition) is 1. The van der Waals surface area contributed by atoms with E-state index < -0.39 is 0 Å². The first-order valence-corrected chi connectivity index (χ1v) is 11.2. The zero-order chi connectivity index (χ0) is 22.1.